The van der Waals surface area contributed by atoms with Crippen LogP contribution in [0, 0.1) is 0 Å². The van der Waals surface area contributed by atoms with Crippen LogP contribution in [0.15, 0.2) is 60.7 Å². The molecule has 0 radical (unpaired) electrons. The Morgan fingerprint density at radius 1 is 0.973 bits per heavy atom. The number of carbonyl (C=O) groups is 1. The summed E-state index contributed by atoms with van der Waals surface area (Å²) < 4.78 is 22.4. The molecule has 37 heavy (non-hydrogen) atoms. The van der Waals surface area contributed by atoms with Crippen molar-refractivity contribution in [3.8, 4) is 22.9 Å². The summed E-state index contributed by atoms with van der Waals surface area (Å²) in [5.74, 6) is 0.711. The number of aromatic nitrogens is 1. The minimum absolute atomic E-state index is 0.0104. The predicted molar refractivity (Wildman–Crippen MR) is 136 cm³/mol. The zero-order chi connectivity index (χ0) is 25.6. The summed E-state index contributed by atoms with van der Waals surface area (Å²) in [6.07, 6.45) is 0.206. The molecule has 1 aliphatic carbocycles. The standard InChI is InChI=1S/C29H30N2O6/c1-34-26-12-11-25(27(30-26)35-2)29(33)13-18-15-36-16-19(14-29)31(18)28(32)37-17-24-22-9-5-3-7-20(22)21-8-4-6-10-23(21)24/h3-12,18-19,24,33H,13-17H2,1-2H3. The fourth-order valence-corrected chi connectivity index (χ4v) is 6.21. The number of hydrogen-bond donors (Lipinski definition) is 1. The van der Waals surface area contributed by atoms with E-state index in [0.717, 1.165) is 0 Å². The van der Waals surface area contributed by atoms with E-state index in [-0.39, 0.29) is 43.5 Å². The van der Waals surface area contributed by atoms with E-state index in [1.165, 1.54) is 36.5 Å². The number of nitrogens with zero attached hydrogens (tertiary/aromatic N) is 2. The minimum atomic E-state index is -1.22. The maximum absolute atomic E-state index is 13.5. The average molecular weight is 503 g/mol. The molecule has 8 nitrogen and oxygen atoms in total. The van der Waals surface area contributed by atoms with Crippen molar-refractivity contribution in [2.24, 2.45) is 0 Å². The van der Waals surface area contributed by atoms with Crippen LogP contribution in [0.1, 0.15) is 35.4 Å². The van der Waals surface area contributed by atoms with E-state index in [9.17, 15) is 9.90 Å². The highest BCUT2D eigenvalue weighted by atomic mass is 16.6. The van der Waals surface area contributed by atoms with Gasteiger partial charge in [0.15, 0.2) is 0 Å². The van der Waals surface area contributed by atoms with Gasteiger partial charge in [0.1, 0.15) is 6.61 Å². The van der Waals surface area contributed by atoms with Crippen molar-refractivity contribution >= 4 is 6.09 Å². The molecule has 2 unspecified atom stereocenters. The first-order valence-corrected chi connectivity index (χ1v) is 12.6. The number of hydrogen-bond acceptors (Lipinski definition) is 7. The van der Waals surface area contributed by atoms with Crippen LogP contribution in [-0.4, -0.2) is 67.2 Å². The van der Waals surface area contributed by atoms with E-state index in [0.29, 0.717) is 30.5 Å². The van der Waals surface area contributed by atoms with Crippen molar-refractivity contribution < 1.29 is 28.8 Å². The molecule has 3 aliphatic rings. The molecule has 192 valence electrons. The van der Waals surface area contributed by atoms with Gasteiger partial charge in [-0.2, -0.15) is 4.98 Å². The largest absolute Gasteiger partial charge is 0.481 e. The molecular weight excluding hydrogens is 472 g/mol. The van der Waals surface area contributed by atoms with Crippen LogP contribution in [0.2, 0.25) is 0 Å². The fraction of sp³-hybridized carbons (Fsp3) is 0.379. The lowest BCUT2D eigenvalue weighted by molar-refractivity contribution is -0.137. The monoisotopic (exact) mass is 502 g/mol. The molecule has 2 fully saturated rings. The Kier molecular flexibility index (Phi) is 6.01. The molecular formula is C29H30N2O6. The minimum Gasteiger partial charge on any atom is -0.481 e. The highest BCUT2D eigenvalue weighted by Gasteiger charge is 2.50. The van der Waals surface area contributed by atoms with Crippen LogP contribution >= 0.6 is 0 Å². The number of amides is 1. The summed E-state index contributed by atoms with van der Waals surface area (Å²) in [5.41, 5.74) is 4.09. The number of methoxy groups -OCH3 is 2. The summed E-state index contributed by atoms with van der Waals surface area (Å²) in [5, 5.41) is 11.7. The van der Waals surface area contributed by atoms with Gasteiger partial charge < -0.3 is 24.1 Å². The van der Waals surface area contributed by atoms with E-state index in [1.807, 2.05) is 24.3 Å². The van der Waals surface area contributed by atoms with E-state index in [4.69, 9.17) is 18.9 Å². The molecule has 3 heterocycles. The van der Waals surface area contributed by atoms with Crippen LogP contribution in [0.5, 0.6) is 11.8 Å². The lowest BCUT2D eigenvalue weighted by Crippen LogP contribution is -2.62. The van der Waals surface area contributed by atoms with Crippen molar-refractivity contribution in [2.75, 3.05) is 34.0 Å². The number of piperidine rings is 1. The second-order valence-electron chi connectivity index (χ2n) is 9.91. The average Bonchev–Trinajstić information content (AvgIpc) is 3.24. The third-order valence-electron chi connectivity index (χ3n) is 7.84. The third-order valence-corrected chi connectivity index (χ3v) is 7.84. The Bertz CT molecular complexity index is 1270. The van der Waals surface area contributed by atoms with E-state index >= 15 is 0 Å². The van der Waals surface area contributed by atoms with Gasteiger partial charge in [-0.05, 0) is 28.3 Å². The second-order valence-corrected chi connectivity index (χ2v) is 9.91. The first kappa shape index (κ1) is 23.8. The number of aliphatic hydroxyl groups is 1. The van der Waals surface area contributed by atoms with Crippen molar-refractivity contribution in [2.45, 2.75) is 36.4 Å². The Balaban J connectivity index is 1.21. The molecule has 6 rings (SSSR count). The second kappa shape index (κ2) is 9.36. The first-order chi connectivity index (χ1) is 18.0. The van der Waals surface area contributed by atoms with Gasteiger partial charge in [0, 0.05) is 30.4 Å². The summed E-state index contributed by atoms with van der Waals surface area (Å²) >= 11 is 0. The lowest BCUT2D eigenvalue weighted by atomic mass is 9.77. The first-order valence-electron chi connectivity index (χ1n) is 12.6. The molecule has 2 bridgehead atoms. The lowest BCUT2D eigenvalue weighted by Gasteiger charge is -2.51. The molecule has 2 aromatic carbocycles. The Morgan fingerprint density at radius 2 is 1.59 bits per heavy atom. The smallest absolute Gasteiger partial charge is 0.410 e. The number of ether oxygens (including phenoxy) is 4. The van der Waals surface area contributed by atoms with Gasteiger partial charge in [0.05, 0.1) is 45.1 Å². The maximum atomic E-state index is 13.5. The van der Waals surface area contributed by atoms with Crippen molar-refractivity contribution in [1.29, 1.82) is 0 Å². The van der Waals surface area contributed by atoms with Crippen LogP contribution in [-0.2, 0) is 15.1 Å². The summed E-state index contributed by atoms with van der Waals surface area (Å²) in [6.45, 7) is 0.911. The summed E-state index contributed by atoms with van der Waals surface area (Å²) in [6, 6.07) is 19.4. The quantitative estimate of drug-likeness (QED) is 0.562. The third kappa shape index (κ3) is 4.01. The molecule has 1 amide bonds. The Labute approximate surface area is 215 Å². The van der Waals surface area contributed by atoms with Gasteiger partial charge in [-0.1, -0.05) is 48.5 Å². The predicted octanol–water partition coefficient (Wildman–Crippen LogP) is 4.10. The Hall–Kier alpha value is -3.62. The number of benzene rings is 2. The molecule has 3 aromatic rings. The molecule has 1 aromatic heterocycles. The number of carbonyl (C=O) groups excluding carboxylic acids is 1. The van der Waals surface area contributed by atoms with Crippen LogP contribution in [0.25, 0.3) is 11.1 Å². The molecule has 0 spiro atoms. The Morgan fingerprint density at radius 3 is 2.19 bits per heavy atom. The van der Waals surface area contributed by atoms with Crippen LogP contribution in [0.3, 0.4) is 0 Å². The SMILES string of the molecule is COc1ccc(C2(O)CC3COCC(C2)N3C(=O)OCC2c3ccccc3-c3ccccc32)c(OC)n1. The molecule has 2 aliphatic heterocycles. The highest BCUT2D eigenvalue weighted by molar-refractivity contribution is 5.79. The fourth-order valence-electron chi connectivity index (χ4n) is 6.21. The van der Waals surface area contributed by atoms with Gasteiger partial charge in [-0.25, -0.2) is 4.79 Å². The maximum Gasteiger partial charge on any atom is 0.410 e. The normalized spacial score (nSPS) is 24.2. The van der Waals surface area contributed by atoms with Crippen molar-refractivity contribution in [3.63, 3.8) is 0 Å². The number of rotatable bonds is 5. The van der Waals surface area contributed by atoms with Gasteiger partial charge in [0.2, 0.25) is 11.8 Å². The van der Waals surface area contributed by atoms with Gasteiger partial charge >= 0.3 is 6.09 Å². The van der Waals surface area contributed by atoms with E-state index in [2.05, 4.69) is 29.2 Å². The van der Waals surface area contributed by atoms with Crippen LogP contribution < -0.4 is 9.47 Å². The molecule has 2 atom stereocenters. The highest BCUT2D eigenvalue weighted by Crippen LogP contribution is 2.46. The molecule has 2 saturated heterocycles. The van der Waals surface area contributed by atoms with Gasteiger partial charge in [-0.15, -0.1) is 0 Å². The summed E-state index contributed by atoms with van der Waals surface area (Å²) in [4.78, 5) is 19.6. The number of morpholine rings is 1. The molecule has 0 saturated carbocycles. The zero-order valence-corrected chi connectivity index (χ0v) is 20.9. The zero-order valence-electron chi connectivity index (χ0n) is 20.9. The van der Waals surface area contributed by atoms with Crippen molar-refractivity contribution in [1.82, 2.24) is 9.88 Å². The molecule has 8 heteroatoms. The van der Waals surface area contributed by atoms with Gasteiger partial charge in [-0.3, -0.25) is 4.90 Å². The molecule has 1 N–H and O–H groups in total. The van der Waals surface area contributed by atoms with Crippen molar-refractivity contribution in [3.05, 3.63) is 77.4 Å². The number of fused-ring (bicyclic) bond motifs is 5. The van der Waals surface area contributed by atoms with E-state index in [1.54, 1.807) is 17.0 Å². The topological polar surface area (TPSA) is 90.4 Å². The number of pyridine rings is 1. The van der Waals surface area contributed by atoms with Crippen LogP contribution in [0.4, 0.5) is 4.79 Å². The van der Waals surface area contributed by atoms with E-state index < -0.39 is 5.60 Å². The summed E-state index contributed by atoms with van der Waals surface area (Å²) in [7, 11) is 3.05. The van der Waals surface area contributed by atoms with Gasteiger partial charge in [0.25, 0.3) is 0 Å².